The molecule has 0 spiro atoms. The summed E-state index contributed by atoms with van der Waals surface area (Å²) in [5.41, 5.74) is 1.93. The molecule has 0 aliphatic carbocycles. The highest BCUT2D eigenvalue weighted by atomic mass is 32.2. The third-order valence-corrected chi connectivity index (χ3v) is 6.25. The Balaban J connectivity index is 1.82. The molecule has 0 heterocycles. The van der Waals surface area contributed by atoms with E-state index in [0.29, 0.717) is 17.2 Å². The Morgan fingerprint density at radius 2 is 1.61 bits per heavy atom. The summed E-state index contributed by atoms with van der Waals surface area (Å²) in [6.45, 7) is -0.318. The molecule has 1 N–H and O–H groups in total. The van der Waals surface area contributed by atoms with Gasteiger partial charge in [0.05, 0.1) is 26.5 Å². The Morgan fingerprint density at radius 1 is 0.939 bits per heavy atom. The molecule has 8 heteroatoms. The maximum atomic E-state index is 13.1. The molecular formula is C25H26N2O5S. The van der Waals surface area contributed by atoms with Gasteiger partial charge in [0.15, 0.2) is 0 Å². The summed E-state index contributed by atoms with van der Waals surface area (Å²) >= 11 is 0. The van der Waals surface area contributed by atoms with Crippen LogP contribution in [0, 0.1) is 0 Å². The van der Waals surface area contributed by atoms with Gasteiger partial charge in [0.25, 0.3) is 0 Å². The maximum Gasteiger partial charge on any atom is 0.239 e. The van der Waals surface area contributed by atoms with Gasteiger partial charge >= 0.3 is 0 Å². The van der Waals surface area contributed by atoms with Crippen molar-refractivity contribution in [1.29, 1.82) is 0 Å². The minimum atomic E-state index is -3.89. The molecule has 0 aromatic heterocycles. The Kier molecular flexibility index (Phi) is 8.23. The molecule has 172 valence electrons. The van der Waals surface area contributed by atoms with E-state index in [2.05, 4.69) is 5.32 Å². The Morgan fingerprint density at radius 3 is 2.24 bits per heavy atom. The van der Waals surface area contributed by atoms with Crippen molar-refractivity contribution in [1.82, 2.24) is 4.31 Å². The van der Waals surface area contributed by atoms with E-state index in [4.69, 9.17) is 9.47 Å². The molecule has 0 saturated heterocycles. The van der Waals surface area contributed by atoms with Crippen molar-refractivity contribution < 1.29 is 22.7 Å². The van der Waals surface area contributed by atoms with Crippen molar-refractivity contribution in [2.24, 2.45) is 0 Å². The lowest BCUT2D eigenvalue weighted by Crippen LogP contribution is -2.36. The van der Waals surface area contributed by atoms with Gasteiger partial charge < -0.3 is 14.8 Å². The topological polar surface area (TPSA) is 84.9 Å². The highest BCUT2D eigenvalue weighted by molar-refractivity contribution is 7.92. The number of anilines is 1. The van der Waals surface area contributed by atoms with E-state index in [1.54, 1.807) is 30.3 Å². The molecular weight excluding hydrogens is 440 g/mol. The lowest BCUT2D eigenvalue weighted by molar-refractivity contribution is -0.116. The number of hydrogen-bond acceptors (Lipinski definition) is 5. The fraction of sp³-hybridized carbons (Fsp3) is 0.160. The monoisotopic (exact) mass is 466 g/mol. The summed E-state index contributed by atoms with van der Waals surface area (Å²) in [4.78, 5) is 12.8. The first-order chi connectivity index (χ1) is 15.9. The lowest BCUT2D eigenvalue weighted by Gasteiger charge is -2.20. The number of nitrogens with one attached hydrogen (secondary N) is 1. The van der Waals surface area contributed by atoms with Gasteiger partial charge in [0.2, 0.25) is 15.9 Å². The molecule has 0 aliphatic heterocycles. The van der Waals surface area contributed by atoms with E-state index in [-0.39, 0.29) is 13.1 Å². The first-order valence-electron chi connectivity index (χ1n) is 10.2. The SMILES string of the molecule is COc1ccc(NC(=O)CN(Cc2ccccc2)S(=O)(=O)/C=C/c2ccccc2)c(OC)c1. The Labute approximate surface area is 194 Å². The van der Waals surface area contributed by atoms with Crippen molar-refractivity contribution in [3.05, 3.63) is 95.4 Å². The minimum Gasteiger partial charge on any atom is -0.497 e. The third kappa shape index (κ3) is 6.93. The van der Waals surface area contributed by atoms with Crippen LogP contribution in [0.25, 0.3) is 6.08 Å². The van der Waals surface area contributed by atoms with Gasteiger partial charge in [-0.3, -0.25) is 4.79 Å². The van der Waals surface area contributed by atoms with Crippen molar-refractivity contribution in [2.45, 2.75) is 6.54 Å². The van der Waals surface area contributed by atoms with Crippen LogP contribution in [0.4, 0.5) is 5.69 Å². The van der Waals surface area contributed by atoms with Crippen LogP contribution in [0.5, 0.6) is 11.5 Å². The predicted molar refractivity (Wildman–Crippen MR) is 129 cm³/mol. The van der Waals surface area contributed by atoms with E-state index >= 15 is 0 Å². The van der Waals surface area contributed by atoms with Crippen LogP contribution in [0.2, 0.25) is 0 Å². The van der Waals surface area contributed by atoms with E-state index in [1.807, 2.05) is 48.5 Å². The average molecular weight is 467 g/mol. The summed E-state index contributed by atoms with van der Waals surface area (Å²) in [5, 5.41) is 3.84. The highest BCUT2D eigenvalue weighted by Gasteiger charge is 2.23. The van der Waals surface area contributed by atoms with Crippen LogP contribution in [0.1, 0.15) is 11.1 Å². The second-order valence-electron chi connectivity index (χ2n) is 7.13. The molecule has 0 atom stereocenters. The minimum absolute atomic E-state index is 0.0511. The van der Waals surface area contributed by atoms with Crippen LogP contribution in [0.3, 0.4) is 0 Å². The zero-order valence-electron chi connectivity index (χ0n) is 18.5. The molecule has 0 unspecified atom stereocenters. The van der Waals surface area contributed by atoms with Crippen molar-refractivity contribution >= 4 is 27.7 Å². The second-order valence-corrected chi connectivity index (χ2v) is 8.94. The predicted octanol–water partition coefficient (Wildman–Crippen LogP) is 4.15. The van der Waals surface area contributed by atoms with Gasteiger partial charge in [-0.1, -0.05) is 60.7 Å². The van der Waals surface area contributed by atoms with E-state index in [1.165, 1.54) is 20.3 Å². The maximum absolute atomic E-state index is 13.1. The number of rotatable bonds is 10. The third-order valence-electron chi connectivity index (χ3n) is 4.80. The summed E-state index contributed by atoms with van der Waals surface area (Å²) in [7, 11) is -0.885. The van der Waals surface area contributed by atoms with E-state index in [0.717, 1.165) is 20.8 Å². The van der Waals surface area contributed by atoms with E-state index < -0.39 is 15.9 Å². The van der Waals surface area contributed by atoms with Crippen molar-refractivity contribution in [3.63, 3.8) is 0 Å². The summed E-state index contributed by atoms with van der Waals surface area (Å²) in [5.74, 6) is 0.486. The molecule has 7 nitrogen and oxygen atoms in total. The van der Waals surface area contributed by atoms with Crippen molar-refractivity contribution in [2.75, 3.05) is 26.1 Å². The molecule has 1 amide bonds. The molecule has 0 bridgehead atoms. The van der Waals surface area contributed by atoms with Crippen LogP contribution in [-0.4, -0.2) is 39.4 Å². The van der Waals surface area contributed by atoms with Gasteiger partial charge in [0, 0.05) is 18.0 Å². The standard InChI is InChI=1S/C25H26N2O5S/c1-31-22-13-14-23(24(17-22)32-2)26-25(28)19-27(18-21-11-7-4-8-12-21)33(29,30)16-15-20-9-5-3-6-10-20/h3-17H,18-19H2,1-2H3,(H,26,28)/b16-15+. The Bertz CT molecular complexity index is 1200. The van der Waals surface area contributed by atoms with Crippen molar-refractivity contribution in [3.8, 4) is 11.5 Å². The molecule has 0 fully saturated rings. The Hall–Kier alpha value is -3.62. The number of nitrogens with zero attached hydrogens (tertiary/aromatic N) is 1. The molecule has 0 saturated carbocycles. The molecule has 3 aromatic carbocycles. The molecule has 3 rings (SSSR count). The largest absolute Gasteiger partial charge is 0.497 e. The van der Waals surface area contributed by atoms with Gasteiger partial charge in [-0.05, 0) is 29.3 Å². The molecule has 0 aliphatic rings. The normalized spacial score (nSPS) is 11.5. The van der Waals surface area contributed by atoms with Crippen LogP contribution < -0.4 is 14.8 Å². The van der Waals surface area contributed by atoms with Crippen LogP contribution in [0.15, 0.2) is 84.3 Å². The lowest BCUT2D eigenvalue weighted by atomic mass is 10.2. The van der Waals surface area contributed by atoms with Crippen LogP contribution >= 0.6 is 0 Å². The zero-order chi connectivity index (χ0) is 23.7. The van der Waals surface area contributed by atoms with Gasteiger partial charge in [-0.2, -0.15) is 4.31 Å². The number of ether oxygens (including phenoxy) is 2. The molecule has 0 radical (unpaired) electrons. The van der Waals surface area contributed by atoms with Gasteiger partial charge in [0.1, 0.15) is 11.5 Å². The number of benzene rings is 3. The van der Waals surface area contributed by atoms with Gasteiger partial charge in [-0.15, -0.1) is 0 Å². The summed E-state index contributed by atoms with van der Waals surface area (Å²) in [6.07, 6.45) is 1.51. The first-order valence-corrected chi connectivity index (χ1v) is 11.7. The zero-order valence-corrected chi connectivity index (χ0v) is 19.3. The highest BCUT2D eigenvalue weighted by Crippen LogP contribution is 2.29. The number of methoxy groups -OCH3 is 2. The average Bonchev–Trinajstić information content (AvgIpc) is 2.84. The number of hydrogen-bond donors (Lipinski definition) is 1. The van der Waals surface area contributed by atoms with Gasteiger partial charge in [-0.25, -0.2) is 8.42 Å². The molecule has 3 aromatic rings. The smallest absolute Gasteiger partial charge is 0.239 e. The van der Waals surface area contributed by atoms with E-state index in [9.17, 15) is 13.2 Å². The molecule has 33 heavy (non-hydrogen) atoms. The fourth-order valence-corrected chi connectivity index (χ4v) is 4.22. The number of carbonyl (C=O) groups excluding carboxylic acids is 1. The second kappa shape index (κ2) is 11.3. The summed E-state index contributed by atoms with van der Waals surface area (Å²) < 4.78 is 37.8. The summed E-state index contributed by atoms with van der Waals surface area (Å²) in [6, 6.07) is 23.2. The number of amides is 1. The quantitative estimate of drug-likeness (QED) is 0.485. The van der Waals surface area contributed by atoms with Crippen LogP contribution in [-0.2, 0) is 21.4 Å². The fourth-order valence-electron chi connectivity index (χ4n) is 3.09. The first kappa shape index (κ1) is 24.0. The number of sulfonamides is 1. The number of carbonyl (C=O) groups is 1.